The Hall–Kier alpha value is -2.24. The first-order chi connectivity index (χ1) is 9.06. The number of rotatable bonds is 4. The number of anilines is 1. The summed E-state index contributed by atoms with van der Waals surface area (Å²) in [5.74, 6) is -1.12. The highest BCUT2D eigenvalue weighted by Crippen LogP contribution is 2.18. The van der Waals surface area contributed by atoms with Crippen LogP contribution >= 0.6 is 0 Å². The molecule has 0 aliphatic carbocycles. The van der Waals surface area contributed by atoms with Crippen LogP contribution in [0.25, 0.3) is 0 Å². The quantitative estimate of drug-likeness (QED) is 0.755. The highest BCUT2D eigenvalue weighted by Gasteiger charge is 2.28. The van der Waals surface area contributed by atoms with Crippen molar-refractivity contribution in [1.82, 2.24) is 10.3 Å². The Morgan fingerprint density at radius 3 is 2.95 bits per heavy atom. The van der Waals surface area contributed by atoms with Crippen molar-refractivity contribution in [2.24, 2.45) is 5.92 Å². The summed E-state index contributed by atoms with van der Waals surface area (Å²) in [6, 6.07) is 1.63. The molecule has 2 heterocycles. The minimum absolute atomic E-state index is 0.0748. The summed E-state index contributed by atoms with van der Waals surface area (Å²) in [5.41, 5.74) is 6.92. The molecule has 6 nitrogen and oxygen atoms in total. The van der Waals surface area contributed by atoms with Crippen LogP contribution in [-0.2, 0) is 20.8 Å². The molecular formula is C13H15N3O3. The fourth-order valence-electron chi connectivity index (χ4n) is 2.08. The van der Waals surface area contributed by atoms with Crippen molar-refractivity contribution in [3.8, 4) is 0 Å². The van der Waals surface area contributed by atoms with Crippen LogP contribution in [0.15, 0.2) is 18.5 Å². The van der Waals surface area contributed by atoms with Gasteiger partial charge in [-0.1, -0.05) is 0 Å². The van der Waals surface area contributed by atoms with Crippen molar-refractivity contribution in [3.05, 3.63) is 24.0 Å². The molecule has 1 aliphatic heterocycles. The maximum absolute atomic E-state index is 11.9. The Kier molecular flexibility index (Phi) is 3.89. The Morgan fingerprint density at radius 1 is 1.47 bits per heavy atom. The van der Waals surface area contributed by atoms with Gasteiger partial charge in [0, 0.05) is 48.8 Å². The molecule has 2 amide bonds. The van der Waals surface area contributed by atoms with Gasteiger partial charge >= 0.3 is 0 Å². The lowest BCUT2D eigenvalue weighted by molar-refractivity contribution is -0.138. The number of carbonyl (C=O) groups excluding carboxylic acids is 3. The molecule has 0 aromatic carbocycles. The first-order valence-electron chi connectivity index (χ1n) is 6.10. The molecule has 0 spiro atoms. The second kappa shape index (κ2) is 5.60. The van der Waals surface area contributed by atoms with Crippen LogP contribution in [0.1, 0.15) is 24.8 Å². The first kappa shape index (κ1) is 13.2. The van der Waals surface area contributed by atoms with Crippen LogP contribution in [0.3, 0.4) is 0 Å². The van der Waals surface area contributed by atoms with E-state index < -0.39 is 5.92 Å². The molecule has 3 N–H and O–H groups in total. The average Bonchev–Trinajstić information content (AvgIpc) is 2.36. The van der Waals surface area contributed by atoms with Crippen LogP contribution in [-0.4, -0.2) is 22.6 Å². The number of carbonyl (C=O) groups is 3. The van der Waals surface area contributed by atoms with E-state index in [2.05, 4.69) is 10.3 Å². The van der Waals surface area contributed by atoms with Gasteiger partial charge in [-0.2, -0.15) is 0 Å². The largest absolute Gasteiger partial charge is 0.398 e. The van der Waals surface area contributed by atoms with E-state index in [0.717, 1.165) is 0 Å². The summed E-state index contributed by atoms with van der Waals surface area (Å²) >= 11 is 0. The minimum atomic E-state index is -0.414. The van der Waals surface area contributed by atoms with Crippen LogP contribution in [0.2, 0.25) is 0 Å². The number of ketones is 1. The van der Waals surface area contributed by atoms with Crippen LogP contribution in [0.4, 0.5) is 5.69 Å². The van der Waals surface area contributed by atoms with E-state index in [1.54, 1.807) is 18.5 Å². The van der Waals surface area contributed by atoms with Gasteiger partial charge in [-0.05, 0) is 12.5 Å². The average molecular weight is 261 g/mol. The number of imide groups is 1. The molecule has 1 aromatic heterocycles. The molecule has 1 fully saturated rings. The SMILES string of the molecule is Nc1ccncc1CC(=O)CC1CCC(=O)NC1=O. The first-order valence-corrected chi connectivity index (χ1v) is 6.10. The number of pyridine rings is 1. The Labute approximate surface area is 110 Å². The van der Waals surface area contributed by atoms with E-state index in [0.29, 0.717) is 24.1 Å². The maximum Gasteiger partial charge on any atom is 0.230 e. The summed E-state index contributed by atoms with van der Waals surface area (Å²) in [4.78, 5) is 38.4. The van der Waals surface area contributed by atoms with Gasteiger partial charge in [0.05, 0.1) is 0 Å². The molecule has 0 saturated carbocycles. The number of nitrogens with one attached hydrogen (secondary N) is 1. The molecule has 1 aromatic rings. The van der Waals surface area contributed by atoms with Crippen LogP contribution < -0.4 is 11.1 Å². The van der Waals surface area contributed by atoms with Gasteiger partial charge in [-0.25, -0.2) is 0 Å². The lowest BCUT2D eigenvalue weighted by Gasteiger charge is -2.20. The number of nitrogens with two attached hydrogens (primary N) is 1. The Morgan fingerprint density at radius 2 is 2.26 bits per heavy atom. The molecule has 2 rings (SSSR count). The number of hydrogen-bond donors (Lipinski definition) is 2. The summed E-state index contributed by atoms with van der Waals surface area (Å²) in [7, 11) is 0. The second-order valence-corrected chi connectivity index (χ2v) is 4.64. The zero-order valence-corrected chi connectivity index (χ0v) is 10.4. The molecule has 1 saturated heterocycles. The second-order valence-electron chi connectivity index (χ2n) is 4.64. The van der Waals surface area contributed by atoms with E-state index in [4.69, 9.17) is 5.73 Å². The van der Waals surface area contributed by atoms with Crippen molar-refractivity contribution in [2.75, 3.05) is 5.73 Å². The third-order valence-electron chi connectivity index (χ3n) is 3.16. The number of hydrogen-bond acceptors (Lipinski definition) is 5. The molecule has 0 bridgehead atoms. The zero-order chi connectivity index (χ0) is 13.8. The molecule has 1 unspecified atom stereocenters. The van der Waals surface area contributed by atoms with Crippen molar-refractivity contribution in [2.45, 2.75) is 25.7 Å². The number of aromatic nitrogens is 1. The van der Waals surface area contributed by atoms with Gasteiger partial charge in [0.2, 0.25) is 11.8 Å². The van der Waals surface area contributed by atoms with Crippen molar-refractivity contribution in [3.63, 3.8) is 0 Å². The summed E-state index contributed by atoms with van der Waals surface area (Å²) in [6.45, 7) is 0. The van der Waals surface area contributed by atoms with Crippen LogP contribution in [0.5, 0.6) is 0 Å². The minimum Gasteiger partial charge on any atom is -0.398 e. The Bertz CT molecular complexity index is 528. The molecule has 19 heavy (non-hydrogen) atoms. The zero-order valence-electron chi connectivity index (χ0n) is 10.4. The van der Waals surface area contributed by atoms with Gasteiger partial charge in [-0.3, -0.25) is 24.7 Å². The number of nitrogens with zero attached hydrogens (tertiary/aromatic N) is 1. The smallest absolute Gasteiger partial charge is 0.230 e. The number of amides is 2. The van der Waals surface area contributed by atoms with Gasteiger partial charge in [0.15, 0.2) is 0 Å². The summed E-state index contributed by atoms with van der Waals surface area (Å²) in [5, 5.41) is 2.24. The number of piperidine rings is 1. The highest BCUT2D eigenvalue weighted by atomic mass is 16.2. The van der Waals surface area contributed by atoms with Gasteiger partial charge in [-0.15, -0.1) is 0 Å². The summed E-state index contributed by atoms with van der Waals surface area (Å²) in [6.07, 6.45) is 4.13. The van der Waals surface area contributed by atoms with Crippen LogP contribution in [0, 0.1) is 5.92 Å². The molecule has 100 valence electrons. The van der Waals surface area contributed by atoms with Gasteiger partial charge in [0.25, 0.3) is 0 Å². The van der Waals surface area contributed by atoms with E-state index in [1.165, 1.54) is 0 Å². The van der Waals surface area contributed by atoms with Crippen molar-refractivity contribution < 1.29 is 14.4 Å². The molecule has 0 radical (unpaired) electrons. The van der Waals surface area contributed by atoms with E-state index in [1.807, 2.05) is 0 Å². The monoisotopic (exact) mass is 261 g/mol. The van der Waals surface area contributed by atoms with E-state index in [-0.39, 0.29) is 30.4 Å². The number of Topliss-reactive ketones (excluding diaryl/α,β-unsaturated/α-hetero) is 1. The molecule has 1 atom stereocenters. The molecule has 6 heteroatoms. The van der Waals surface area contributed by atoms with Crippen molar-refractivity contribution in [1.29, 1.82) is 0 Å². The van der Waals surface area contributed by atoms with E-state index >= 15 is 0 Å². The fourth-order valence-corrected chi connectivity index (χ4v) is 2.08. The predicted octanol–water partition coefficient (Wildman–Crippen LogP) is 0.218. The standard InChI is InChI=1S/C13H15N3O3/c14-11-3-4-15-7-9(11)6-10(17)5-8-1-2-12(18)16-13(8)19/h3-4,7-8H,1-2,5-6H2,(H2,14,15)(H,16,18,19). The van der Waals surface area contributed by atoms with Crippen molar-refractivity contribution >= 4 is 23.3 Å². The van der Waals surface area contributed by atoms with Gasteiger partial charge < -0.3 is 5.73 Å². The normalized spacial score (nSPS) is 19.1. The predicted molar refractivity (Wildman–Crippen MR) is 67.9 cm³/mol. The number of nitrogen functional groups attached to an aromatic ring is 1. The molecular weight excluding hydrogens is 246 g/mol. The lowest BCUT2D eigenvalue weighted by atomic mass is 9.91. The topological polar surface area (TPSA) is 102 Å². The third-order valence-corrected chi connectivity index (χ3v) is 3.16. The third kappa shape index (κ3) is 3.37. The summed E-state index contributed by atoms with van der Waals surface area (Å²) < 4.78 is 0. The van der Waals surface area contributed by atoms with E-state index in [9.17, 15) is 14.4 Å². The fraction of sp³-hybridized carbons (Fsp3) is 0.385. The lowest BCUT2D eigenvalue weighted by Crippen LogP contribution is -2.41. The molecule has 1 aliphatic rings. The van der Waals surface area contributed by atoms with Gasteiger partial charge in [0.1, 0.15) is 5.78 Å². The highest BCUT2D eigenvalue weighted by molar-refractivity contribution is 6.00. The Balaban J connectivity index is 1.93. The maximum atomic E-state index is 11.9.